The lowest BCUT2D eigenvalue weighted by molar-refractivity contribution is -0.153. The van der Waals surface area contributed by atoms with E-state index in [0.717, 1.165) is 35.5 Å². The van der Waals surface area contributed by atoms with Gasteiger partial charge in [-0.3, -0.25) is 9.59 Å². The SMILES string of the molecule is CC1=CCC(C(C)=Cc2csc(C)n2)OC(=O)C[C@H](O[Si](C)(C)C(C)(C)C)C(C)(C)C(=O)[C@H](C)[C@@H](O)[C@H](C)CCC1. The molecule has 1 unspecified atom stereocenters. The minimum atomic E-state index is -2.36. The number of hydrogen-bond acceptors (Lipinski definition) is 7. The van der Waals surface area contributed by atoms with Gasteiger partial charge in [0.25, 0.3) is 0 Å². The topological polar surface area (TPSA) is 85.7 Å². The number of thiazole rings is 1. The number of carbonyl (C=O) groups is 2. The minimum Gasteiger partial charge on any atom is -0.457 e. The number of aliphatic hydroxyl groups is 1. The van der Waals surface area contributed by atoms with Crippen LogP contribution in [0.1, 0.15) is 105 Å². The van der Waals surface area contributed by atoms with E-state index in [0.29, 0.717) is 6.42 Å². The number of cyclic esters (lactones) is 1. The molecule has 5 atom stereocenters. The van der Waals surface area contributed by atoms with Crippen molar-refractivity contribution in [2.24, 2.45) is 17.3 Å². The highest BCUT2D eigenvalue weighted by molar-refractivity contribution is 7.09. The zero-order chi connectivity index (χ0) is 31.3. The van der Waals surface area contributed by atoms with E-state index in [1.165, 1.54) is 5.57 Å². The van der Waals surface area contributed by atoms with Crippen LogP contribution in [0.3, 0.4) is 0 Å². The monoisotopic (exact) mass is 605 g/mol. The number of ketones is 1. The molecule has 0 fully saturated rings. The van der Waals surface area contributed by atoms with E-state index in [9.17, 15) is 14.7 Å². The Bertz CT molecular complexity index is 1110. The summed E-state index contributed by atoms with van der Waals surface area (Å²) in [5.41, 5.74) is 2.01. The van der Waals surface area contributed by atoms with Gasteiger partial charge >= 0.3 is 5.97 Å². The number of esters is 1. The number of aromatic nitrogens is 1. The number of rotatable bonds is 4. The number of allylic oxidation sites excluding steroid dienone is 1. The van der Waals surface area contributed by atoms with Gasteiger partial charge < -0.3 is 14.3 Å². The second-order valence-corrected chi connectivity index (χ2v) is 20.1. The van der Waals surface area contributed by atoms with Gasteiger partial charge in [-0.05, 0) is 75.7 Å². The Balaban J connectivity index is 2.53. The third kappa shape index (κ3) is 9.70. The predicted molar refractivity (Wildman–Crippen MR) is 172 cm³/mol. The molecule has 1 aromatic heterocycles. The Morgan fingerprint density at radius 2 is 1.85 bits per heavy atom. The number of nitrogens with zero attached hydrogens (tertiary/aromatic N) is 1. The number of Topliss-reactive ketones (excluding diaryl/α,β-unsaturated/α-hetero) is 1. The van der Waals surface area contributed by atoms with E-state index in [1.54, 1.807) is 11.3 Å². The molecule has 0 aliphatic carbocycles. The lowest BCUT2D eigenvalue weighted by Gasteiger charge is -2.44. The zero-order valence-electron chi connectivity index (χ0n) is 27.6. The average Bonchev–Trinajstić information content (AvgIpc) is 3.27. The van der Waals surface area contributed by atoms with Gasteiger partial charge in [0.05, 0.1) is 29.3 Å². The van der Waals surface area contributed by atoms with Gasteiger partial charge in [-0.1, -0.05) is 60.1 Å². The summed E-state index contributed by atoms with van der Waals surface area (Å²) >= 11 is 1.59. The van der Waals surface area contributed by atoms with E-state index in [4.69, 9.17) is 9.16 Å². The van der Waals surface area contributed by atoms with Crippen LogP contribution < -0.4 is 0 Å². The largest absolute Gasteiger partial charge is 0.457 e. The van der Waals surface area contributed by atoms with Crippen molar-refractivity contribution in [1.82, 2.24) is 4.98 Å². The molecule has 0 radical (unpaired) electrons. The number of carbonyl (C=O) groups excluding carboxylic acids is 2. The third-order valence-corrected chi connectivity index (χ3v) is 14.5. The molecule has 0 bridgehead atoms. The van der Waals surface area contributed by atoms with E-state index < -0.39 is 38.0 Å². The van der Waals surface area contributed by atoms with Gasteiger partial charge in [0.2, 0.25) is 0 Å². The minimum absolute atomic E-state index is 0.0188. The fourth-order valence-electron chi connectivity index (χ4n) is 5.11. The standard InChI is InChI=1S/C33H55NO5SSi/c1-21-14-13-15-22(2)30(36)24(4)31(37)33(9,10)28(39-41(11,12)32(6,7)8)19-29(35)38-27(17-16-21)23(3)18-26-20-40-25(5)34-26/h16,18,20,22,24,27-28,30,36H,13-15,17,19H2,1-12H3/t22-,24-,27?,28+,30+/m1/s1. The second-order valence-electron chi connectivity index (χ2n) is 14.3. The molecule has 0 saturated carbocycles. The number of aliphatic hydroxyl groups excluding tert-OH is 1. The highest BCUT2D eigenvalue weighted by Gasteiger charge is 2.48. The van der Waals surface area contributed by atoms with E-state index >= 15 is 0 Å². The van der Waals surface area contributed by atoms with Crippen molar-refractivity contribution < 1.29 is 23.9 Å². The van der Waals surface area contributed by atoms with Crippen LogP contribution in [0.2, 0.25) is 18.1 Å². The summed E-state index contributed by atoms with van der Waals surface area (Å²) in [6.45, 7) is 24.3. The zero-order valence-corrected chi connectivity index (χ0v) is 29.4. The first-order valence-electron chi connectivity index (χ1n) is 15.1. The molecule has 0 saturated heterocycles. The molecule has 1 aliphatic heterocycles. The van der Waals surface area contributed by atoms with Crippen molar-refractivity contribution in [3.05, 3.63) is 33.3 Å². The molecule has 1 aromatic rings. The molecule has 41 heavy (non-hydrogen) atoms. The van der Waals surface area contributed by atoms with E-state index in [1.807, 2.05) is 53.0 Å². The van der Waals surface area contributed by atoms with Crippen LogP contribution in [-0.2, 0) is 18.8 Å². The summed E-state index contributed by atoms with van der Waals surface area (Å²) < 4.78 is 13.0. The van der Waals surface area contributed by atoms with Gasteiger partial charge in [0.1, 0.15) is 11.9 Å². The number of hydrogen-bond donors (Lipinski definition) is 1. The van der Waals surface area contributed by atoms with Crippen LogP contribution in [0.15, 0.2) is 22.6 Å². The third-order valence-electron chi connectivity index (χ3n) is 9.25. The molecule has 2 rings (SSSR count). The molecule has 1 aliphatic rings. The fraction of sp³-hybridized carbons (Fsp3) is 0.727. The Hall–Kier alpha value is -1.61. The second kappa shape index (κ2) is 14.2. The molecule has 0 spiro atoms. The Kier molecular flexibility index (Phi) is 12.4. The maximum Gasteiger partial charge on any atom is 0.309 e. The summed E-state index contributed by atoms with van der Waals surface area (Å²) in [6, 6.07) is 0. The van der Waals surface area contributed by atoms with Crippen LogP contribution in [0.5, 0.6) is 0 Å². The summed E-state index contributed by atoms with van der Waals surface area (Å²) in [5.74, 6) is -1.06. The first-order valence-corrected chi connectivity index (χ1v) is 18.9. The lowest BCUT2D eigenvalue weighted by atomic mass is 9.73. The summed E-state index contributed by atoms with van der Waals surface area (Å²) in [5, 5.41) is 14.1. The normalized spacial score (nSPS) is 28.3. The maximum absolute atomic E-state index is 14.0. The molecule has 1 N–H and O–H groups in total. The highest BCUT2D eigenvalue weighted by Crippen LogP contribution is 2.42. The van der Waals surface area contributed by atoms with Crippen molar-refractivity contribution in [3.63, 3.8) is 0 Å². The van der Waals surface area contributed by atoms with Crippen LogP contribution in [0.25, 0.3) is 6.08 Å². The van der Waals surface area contributed by atoms with Crippen molar-refractivity contribution >= 4 is 37.5 Å². The summed E-state index contributed by atoms with van der Waals surface area (Å²) in [4.78, 5) is 32.2. The quantitative estimate of drug-likeness (QED) is 0.211. The van der Waals surface area contributed by atoms with E-state index in [2.05, 4.69) is 51.8 Å². The van der Waals surface area contributed by atoms with Crippen LogP contribution in [-0.4, -0.2) is 48.5 Å². The molecular weight excluding hydrogens is 551 g/mol. The number of ether oxygens (including phenoxy) is 1. The predicted octanol–water partition coefficient (Wildman–Crippen LogP) is 8.30. The Morgan fingerprint density at radius 3 is 2.41 bits per heavy atom. The molecule has 232 valence electrons. The Labute approximate surface area is 254 Å². The molecule has 8 heteroatoms. The van der Waals surface area contributed by atoms with Gasteiger partial charge in [0, 0.05) is 23.1 Å². The maximum atomic E-state index is 14.0. The van der Waals surface area contributed by atoms with Crippen molar-refractivity contribution in [1.29, 1.82) is 0 Å². The molecule has 6 nitrogen and oxygen atoms in total. The first-order chi connectivity index (χ1) is 18.8. The summed E-state index contributed by atoms with van der Waals surface area (Å²) in [7, 11) is -2.36. The number of aryl methyl sites for hydroxylation is 1. The van der Waals surface area contributed by atoms with Crippen molar-refractivity contribution in [3.8, 4) is 0 Å². The van der Waals surface area contributed by atoms with Gasteiger partial charge in [-0.25, -0.2) is 4.98 Å². The average molecular weight is 606 g/mol. The highest BCUT2D eigenvalue weighted by atomic mass is 32.1. The smallest absolute Gasteiger partial charge is 0.309 e. The molecule has 2 heterocycles. The van der Waals surface area contributed by atoms with Crippen molar-refractivity contribution in [2.45, 2.75) is 138 Å². The van der Waals surface area contributed by atoms with Gasteiger partial charge in [-0.2, -0.15) is 0 Å². The Morgan fingerprint density at radius 1 is 1.22 bits per heavy atom. The van der Waals surface area contributed by atoms with Crippen molar-refractivity contribution in [2.75, 3.05) is 0 Å². The van der Waals surface area contributed by atoms with Crippen LogP contribution in [0.4, 0.5) is 0 Å². The summed E-state index contributed by atoms with van der Waals surface area (Å²) in [6.07, 6.45) is 5.44. The van der Waals surface area contributed by atoms with Crippen LogP contribution in [0, 0.1) is 24.2 Å². The fourth-order valence-corrected chi connectivity index (χ4v) is 7.12. The molecular formula is C33H55NO5SSi. The van der Waals surface area contributed by atoms with Crippen LogP contribution >= 0.6 is 11.3 Å². The lowest BCUT2D eigenvalue weighted by Crippen LogP contribution is -2.52. The first kappa shape index (κ1) is 35.6. The van der Waals surface area contributed by atoms with Gasteiger partial charge in [0.15, 0.2) is 8.32 Å². The van der Waals surface area contributed by atoms with E-state index in [-0.39, 0.29) is 29.1 Å². The molecule has 0 aromatic carbocycles. The molecule has 0 amide bonds. The van der Waals surface area contributed by atoms with Gasteiger partial charge in [-0.15, -0.1) is 11.3 Å².